The third-order valence-corrected chi connectivity index (χ3v) is 7.21. The molecule has 0 bridgehead atoms. The summed E-state index contributed by atoms with van der Waals surface area (Å²) in [5.74, 6) is -0.148. The van der Waals surface area contributed by atoms with E-state index in [1.807, 2.05) is 0 Å². The van der Waals surface area contributed by atoms with Crippen molar-refractivity contribution in [3.63, 3.8) is 0 Å². The molecule has 5 nitrogen and oxygen atoms in total. The summed E-state index contributed by atoms with van der Waals surface area (Å²) in [4.78, 5) is 12.2. The Labute approximate surface area is 217 Å². The maximum absolute atomic E-state index is 12.2. The average Bonchev–Trinajstić information content (AvgIpc) is 2.86. The van der Waals surface area contributed by atoms with Gasteiger partial charge in [0.05, 0.1) is 18.8 Å². The molecule has 0 heterocycles. The van der Waals surface area contributed by atoms with Crippen molar-refractivity contribution in [3.8, 4) is 0 Å². The summed E-state index contributed by atoms with van der Waals surface area (Å²) >= 11 is 0. The molecule has 0 unspecified atom stereocenters. The highest BCUT2D eigenvalue weighted by Gasteiger charge is 2.26. The van der Waals surface area contributed by atoms with E-state index in [0.717, 1.165) is 38.5 Å². The zero-order valence-corrected chi connectivity index (χ0v) is 23.5. The highest BCUT2D eigenvalue weighted by atomic mass is 16.3. The van der Waals surface area contributed by atoms with E-state index in [9.17, 15) is 20.1 Å². The third-order valence-electron chi connectivity index (χ3n) is 7.21. The molecule has 0 radical (unpaired) electrons. The minimum atomic E-state index is -1.12. The summed E-state index contributed by atoms with van der Waals surface area (Å²) in [7, 11) is 0. The standard InChI is InChI=1S/C30H61NO4/c1-3-5-7-9-11-13-14-15-16-17-19-21-23-25-29(34)31-27(26-32)30(35)28(33)24-22-20-18-12-10-8-6-4-2/h27-28,30,32-33,35H,3-26H2,1-2H3,(H,31,34)/t27-,28+,30-/m0/s1. The van der Waals surface area contributed by atoms with Crippen molar-refractivity contribution in [1.82, 2.24) is 5.32 Å². The quantitative estimate of drug-likeness (QED) is 0.0900. The van der Waals surface area contributed by atoms with Gasteiger partial charge in [0.15, 0.2) is 0 Å². The van der Waals surface area contributed by atoms with Crippen LogP contribution >= 0.6 is 0 Å². The fraction of sp³-hybridized carbons (Fsp3) is 0.967. The van der Waals surface area contributed by atoms with Crippen LogP contribution < -0.4 is 5.32 Å². The lowest BCUT2D eigenvalue weighted by atomic mass is 9.99. The average molecular weight is 500 g/mol. The smallest absolute Gasteiger partial charge is 0.220 e. The first kappa shape index (κ1) is 34.4. The number of aliphatic hydroxyl groups excluding tert-OH is 3. The first-order chi connectivity index (χ1) is 17.1. The molecule has 0 aromatic carbocycles. The van der Waals surface area contributed by atoms with Crippen molar-refractivity contribution in [2.24, 2.45) is 0 Å². The van der Waals surface area contributed by atoms with E-state index in [1.165, 1.54) is 96.3 Å². The fourth-order valence-corrected chi connectivity index (χ4v) is 4.75. The predicted octanol–water partition coefficient (Wildman–Crippen LogP) is 7.20. The van der Waals surface area contributed by atoms with E-state index in [4.69, 9.17) is 0 Å². The van der Waals surface area contributed by atoms with E-state index >= 15 is 0 Å². The Morgan fingerprint density at radius 1 is 0.600 bits per heavy atom. The molecule has 0 saturated heterocycles. The van der Waals surface area contributed by atoms with Gasteiger partial charge in [-0.2, -0.15) is 0 Å². The number of carbonyl (C=O) groups excluding carboxylic acids is 1. The maximum Gasteiger partial charge on any atom is 0.220 e. The lowest BCUT2D eigenvalue weighted by Gasteiger charge is -2.26. The van der Waals surface area contributed by atoms with E-state index in [1.54, 1.807) is 0 Å². The zero-order valence-electron chi connectivity index (χ0n) is 23.5. The zero-order chi connectivity index (χ0) is 26.0. The normalized spacial score (nSPS) is 14.1. The molecule has 35 heavy (non-hydrogen) atoms. The molecule has 0 aliphatic carbocycles. The lowest BCUT2D eigenvalue weighted by Crippen LogP contribution is -2.50. The highest BCUT2D eigenvalue weighted by molar-refractivity contribution is 5.76. The molecule has 0 fully saturated rings. The van der Waals surface area contributed by atoms with Gasteiger partial charge in [0.1, 0.15) is 6.10 Å². The number of nitrogens with one attached hydrogen (secondary N) is 1. The molecule has 0 aliphatic rings. The maximum atomic E-state index is 12.2. The van der Waals surface area contributed by atoms with Crippen molar-refractivity contribution in [2.75, 3.05) is 6.61 Å². The Balaban J connectivity index is 3.72. The molecule has 5 heteroatoms. The van der Waals surface area contributed by atoms with E-state index in [-0.39, 0.29) is 12.5 Å². The van der Waals surface area contributed by atoms with Gasteiger partial charge in [-0.3, -0.25) is 4.79 Å². The Morgan fingerprint density at radius 3 is 1.37 bits per heavy atom. The van der Waals surface area contributed by atoms with Crippen LogP contribution in [-0.2, 0) is 4.79 Å². The minimum Gasteiger partial charge on any atom is -0.394 e. The van der Waals surface area contributed by atoms with Crippen molar-refractivity contribution in [3.05, 3.63) is 0 Å². The minimum absolute atomic E-state index is 0.148. The SMILES string of the molecule is CCCCCCCCCCCCCCCC(=O)N[C@@H](CO)[C@H](O)[C@H](O)CCCCCCCCCC. The second-order valence-corrected chi connectivity index (χ2v) is 10.7. The number of hydrogen-bond acceptors (Lipinski definition) is 4. The topological polar surface area (TPSA) is 89.8 Å². The summed E-state index contributed by atoms with van der Waals surface area (Å²) in [5, 5.41) is 33.0. The molecule has 0 aromatic heterocycles. The molecule has 0 saturated carbocycles. The number of aliphatic hydroxyl groups is 3. The molecule has 0 aromatic rings. The van der Waals surface area contributed by atoms with Crippen LogP contribution in [0.15, 0.2) is 0 Å². The van der Waals surface area contributed by atoms with Gasteiger partial charge < -0.3 is 20.6 Å². The van der Waals surface area contributed by atoms with Crippen molar-refractivity contribution >= 4 is 5.91 Å². The van der Waals surface area contributed by atoms with E-state index in [2.05, 4.69) is 19.2 Å². The molecule has 1 amide bonds. The van der Waals surface area contributed by atoms with Crippen LogP contribution in [0, 0.1) is 0 Å². The van der Waals surface area contributed by atoms with Gasteiger partial charge in [0.2, 0.25) is 5.91 Å². The van der Waals surface area contributed by atoms with Gasteiger partial charge in [0, 0.05) is 6.42 Å². The molecule has 0 spiro atoms. The van der Waals surface area contributed by atoms with E-state index < -0.39 is 18.2 Å². The molecule has 210 valence electrons. The van der Waals surface area contributed by atoms with Gasteiger partial charge >= 0.3 is 0 Å². The lowest BCUT2D eigenvalue weighted by molar-refractivity contribution is -0.124. The second kappa shape index (κ2) is 26.4. The van der Waals surface area contributed by atoms with Crippen LogP contribution in [0.2, 0.25) is 0 Å². The molecule has 0 rings (SSSR count). The summed E-state index contributed by atoms with van der Waals surface area (Å²) in [5.41, 5.74) is 0. The summed E-state index contributed by atoms with van der Waals surface area (Å²) in [6.45, 7) is 4.11. The van der Waals surface area contributed by atoms with Crippen molar-refractivity contribution < 1.29 is 20.1 Å². The summed E-state index contributed by atoms with van der Waals surface area (Å²) in [6, 6.07) is -0.798. The van der Waals surface area contributed by atoms with Crippen molar-refractivity contribution in [1.29, 1.82) is 0 Å². The highest BCUT2D eigenvalue weighted by Crippen LogP contribution is 2.15. The Kier molecular flexibility index (Phi) is 25.9. The van der Waals surface area contributed by atoms with Crippen LogP contribution in [0.3, 0.4) is 0 Å². The fourth-order valence-electron chi connectivity index (χ4n) is 4.75. The number of unbranched alkanes of at least 4 members (excludes halogenated alkanes) is 19. The molecular formula is C30H61NO4. The van der Waals surface area contributed by atoms with Crippen LogP contribution in [0.25, 0.3) is 0 Å². The summed E-state index contributed by atoms with van der Waals surface area (Å²) < 4.78 is 0. The first-order valence-corrected chi connectivity index (χ1v) is 15.3. The molecular weight excluding hydrogens is 438 g/mol. The monoisotopic (exact) mass is 499 g/mol. The van der Waals surface area contributed by atoms with Crippen molar-refractivity contribution in [2.45, 2.75) is 180 Å². The molecule has 3 atom stereocenters. The van der Waals surface area contributed by atoms with Crippen LogP contribution in [-0.4, -0.2) is 46.1 Å². The van der Waals surface area contributed by atoms with Crippen LogP contribution in [0.1, 0.15) is 162 Å². The number of hydrogen-bond donors (Lipinski definition) is 4. The third kappa shape index (κ3) is 22.3. The summed E-state index contributed by atoms with van der Waals surface area (Å²) in [6.07, 6.45) is 24.8. The Morgan fingerprint density at radius 2 is 0.971 bits per heavy atom. The Bertz CT molecular complexity index is 446. The van der Waals surface area contributed by atoms with Crippen LogP contribution in [0.5, 0.6) is 0 Å². The van der Waals surface area contributed by atoms with Gasteiger partial charge in [-0.25, -0.2) is 0 Å². The van der Waals surface area contributed by atoms with Gasteiger partial charge in [-0.15, -0.1) is 0 Å². The van der Waals surface area contributed by atoms with Gasteiger partial charge in [0.25, 0.3) is 0 Å². The predicted molar refractivity (Wildman–Crippen MR) is 149 cm³/mol. The van der Waals surface area contributed by atoms with E-state index in [0.29, 0.717) is 12.8 Å². The number of rotatable bonds is 27. The second-order valence-electron chi connectivity index (χ2n) is 10.7. The number of amides is 1. The largest absolute Gasteiger partial charge is 0.394 e. The Hall–Kier alpha value is -0.650. The van der Waals surface area contributed by atoms with Gasteiger partial charge in [-0.05, 0) is 12.8 Å². The van der Waals surface area contributed by atoms with Crippen LogP contribution in [0.4, 0.5) is 0 Å². The molecule has 4 N–H and O–H groups in total. The first-order valence-electron chi connectivity index (χ1n) is 15.3. The number of carbonyl (C=O) groups is 1. The molecule has 0 aliphatic heterocycles. The van der Waals surface area contributed by atoms with Gasteiger partial charge in [-0.1, -0.05) is 142 Å².